The van der Waals surface area contributed by atoms with E-state index in [1.54, 1.807) is 0 Å². The molecule has 1 N–H and O–H groups in total. The molecule has 0 spiro atoms. The fourth-order valence-corrected chi connectivity index (χ4v) is 2.65. The summed E-state index contributed by atoms with van der Waals surface area (Å²) in [6, 6.07) is 8.55. The number of hydrogen-bond acceptors (Lipinski definition) is 4. The van der Waals surface area contributed by atoms with Crippen molar-refractivity contribution in [1.82, 2.24) is 10.2 Å². The molecule has 0 aliphatic carbocycles. The van der Waals surface area contributed by atoms with E-state index in [0.717, 1.165) is 17.7 Å². The highest BCUT2D eigenvalue weighted by Gasteiger charge is 2.20. The van der Waals surface area contributed by atoms with Gasteiger partial charge in [-0.05, 0) is 50.0 Å². The molecule has 1 amide bonds. The van der Waals surface area contributed by atoms with Gasteiger partial charge in [-0.15, -0.1) is 0 Å². The summed E-state index contributed by atoms with van der Waals surface area (Å²) < 4.78 is 36.9. The monoisotopic (exact) mass is 348 g/mol. The third kappa shape index (κ3) is 3.71. The second kappa shape index (κ2) is 7.06. The lowest BCUT2D eigenvalue weighted by molar-refractivity contribution is 0.0941. The van der Waals surface area contributed by atoms with Crippen molar-refractivity contribution < 1.29 is 23.0 Å². The Morgan fingerprint density at radius 2 is 1.88 bits per heavy atom. The molecule has 1 atom stereocenters. The molecule has 0 saturated heterocycles. The third-order valence-electron chi connectivity index (χ3n) is 4.04. The summed E-state index contributed by atoms with van der Waals surface area (Å²) in [6.45, 7) is 0.489. The number of carbonyl (C=O) groups excluding carboxylic acids is 1. The topological polar surface area (TPSA) is 50.8 Å². The number of carbonyl (C=O) groups is 1. The average Bonchev–Trinajstić information content (AvgIpc) is 3.04. The number of ether oxygens (including phenoxy) is 2. The van der Waals surface area contributed by atoms with Crippen LogP contribution in [-0.2, 0) is 0 Å². The van der Waals surface area contributed by atoms with Crippen molar-refractivity contribution in [2.75, 3.05) is 27.4 Å². The third-order valence-corrected chi connectivity index (χ3v) is 4.04. The first kappa shape index (κ1) is 17.2. The van der Waals surface area contributed by atoms with Gasteiger partial charge in [0.2, 0.25) is 6.79 Å². The first-order chi connectivity index (χ1) is 12.0. The van der Waals surface area contributed by atoms with Crippen molar-refractivity contribution in [1.29, 1.82) is 0 Å². The maximum atomic E-state index is 13.3. The highest BCUT2D eigenvalue weighted by Crippen LogP contribution is 2.34. The van der Waals surface area contributed by atoms with Crippen molar-refractivity contribution in [2.24, 2.45) is 0 Å². The molecule has 1 heterocycles. The lowest BCUT2D eigenvalue weighted by Crippen LogP contribution is -2.34. The van der Waals surface area contributed by atoms with Crippen LogP contribution < -0.4 is 14.8 Å². The molecule has 0 bridgehead atoms. The fourth-order valence-electron chi connectivity index (χ4n) is 2.65. The number of nitrogens with zero attached hydrogens (tertiary/aromatic N) is 1. The minimum absolute atomic E-state index is 0.0714. The summed E-state index contributed by atoms with van der Waals surface area (Å²) >= 11 is 0. The standard InChI is InChI=1S/C18H18F2N2O3/c1-22(2)15(11-4-6-16-17(8-11)25-10-24-16)9-21-18(23)12-3-5-13(19)14(20)7-12/h3-8,15H,9-10H2,1-2H3,(H,21,23)/t15-/m0/s1. The van der Waals surface area contributed by atoms with Gasteiger partial charge in [-0.1, -0.05) is 6.07 Å². The number of amides is 1. The molecular formula is C18H18F2N2O3. The second-order valence-corrected chi connectivity index (χ2v) is 5.93. The molecule has 1 aliphatic rings. The molecule has 132 valence electrons. The number of fused-ring (bicyclic) bond motifs is 1. The van der Waals surface area contributed by atoms with Crippen molar-refractivity contribution in [3.05, 3.63) is 59.2 Å². The first-order valence-electron chi connectivity index (χ1n) is 7.75. The molecule has 0 unspecified atom stereocenters. The lowest BCUT2D eigenvalue weighted by Gasteiger charge is -2.25. The van der Waals surface area contributed by atoms with Crippen LogP contribution in [0.1, 0.15) is 22.0 Å². The van der Waals surface area contributed by atoms with Gasteiger partial charge in [0.15, 0.2) is 23.1 Å². The number of likely N-dealkylation sites (N-methyl/N-ethyl adjacent to an activating group) is 1. The Labute approximate surface area is 144 Å². The van der Waals surface area contributed by atoms with E-state index in [4.69, 9.17) is 9.47 Å². The Morgan fingerprint density at radius 1 is 1.12 bits per heavy atom. The summed E-state index contributed by atoms with van der Waals surface area (Å²) in [7, 11) is 3.78. The summed E-state index contributed by atoms with van der Waals surface area (Å²) in [5.74, 6) is -1.15. The van der Waals surface area contributed by atoms with Crippen LogP contribution in [0.4, 0.5) is 8.78 Å². The van der Waals surface area contributed by atoms with Gasteiger partial charge in [0.05, 0.1) is 6.04 Å². The molecule has 3 rings (SSSR count). The molecule has 5 nitrogen and oxygen atoms in total. The highest BCUT2D eigenvalue weighted by atomic mass is 19.2. The van der Waals surface area contributed by atoms with Crippen molar-refractivity contribution in [2.45, 2.75) is 6.04 Å². The van der Waals surface area contributed by atoms with Gasteiger partial charge in [-0.2, -0.15) is 0 Å². The highest BCUT2D eigenvalue weighted by molar-refractivity contribution is 5.94. The predicted molar refractivity (Wildman–Crippen MR) is 87.7 cm³/mol. The Balaban J connectivity index is 1.72. The zero-order chi connectivity index (χ0) is 18.0. The van der Waals surface area contributed by atoms with Crippen LogP contribution in [0.3, 0.4) is 0 Å². The van der Waals surface area contributed by atoms with E-state index in [1.165, 1.54) is 6.07 Å². The van der Waals surface area contributed by atoms with E-state index >= 15 is 0 Å². The minimum Gasteiger partial charge on any atom is -0.454 e. The Bertz CT molecular complexity index is 796. The number of halogens is 2. The lowest BCUT2D eigenvalue weighted by atomic mass is 10.0. The Morgan fingerprint density at radius 3 is 2.60 bits per heavy atom. The molecule has 2 aromatic rings. The molecule has 2 aromatic carbocycles. The fraction of sp³-hybridized carbons (Fsp3) is 0.278. The van der Waals surface area contributed by atoms with Gasteiger partial charge in [-0.3, -0.25) is 4.79 Å². The van der Waals surface area contributed by atoms with Crippen LogP contribution in [0.5, 0.6) is 11.5 Å². The quantitative estimate of drug-likeness (QED) is 0.903. The van der Waals surface area contributed by atoms with Crippen LogP contribution in [-0.4, -0.2) is 38.2 Å². The van der Waals surface area contributed by atoms with Crippen molar-refractivity contribution >= 4 is 5.91 Å². The van der Waals surface area contributed by atoms with E-state index in [-0.39, 0.29) is 18.4 Å². The number of rotatable bonds is 5. The zero-order valence-electron chi connectivity index (χ0n) is 13.9. The molecule has 0 fully saturated rings. The van der Waals surface area contributed by atoms with Crippen LogP contribution in [0.25, 0.3) is 0 Å². The maximum absolute atomic E-state index is 13.3. The predicted octanol–water partition coefficient (Wildman–Crippen LogP) is 2.73. The van der Waals surface area contributed by atoms with Crippen LogP contribution >= 0.6 is 0 Å². The SMILES string of the molecule is CN(C)[C@@H](CNC(=O)c1ccc(F)c(F)c1)c1ccc2c(c1)OCO2. The normalized spacial score (nSPS) is 13.8. The second-order valence-electron chi connectivity index (χ2n) is 5.93. The van der Waals surface area contributed by atoms with Gasteiger partial charge < -0.3 is 19.7 Å². The van der Waals surface area contributed by atoms with Gasteiger partial charge in [0.1, 0.15) is 0 Å². The Kier molecular flexibility index (Phi) is 4.85. The summed E-state index contributed by atoms with van der Waals surface area (Å²) in [4.78, 5) is 14.1. The van der Waals surface area contributed by atoms with E-state index in [2.05, 4.69) is 5.32 Å². The zero-order valence-corrected chi connectivity index (χ0v) is 13.9. The van der Waals surface area contributed by atoms with Gasteiger partial charge in [0.25, 0.3) is 5.91 Å². The molecule has 25 heavy (non-hydrogen) atoms. The Hall–Kier alpha value is -2.67. The van der Waals surface area contributed by atoms with E-state index < -0.39 is 17.5 Å². The van der Waals surface area contributed by atoms with E-state index in [0.29, 0.717) is 18.0 Å². The van der Waals surface area contributed by atoms with Gasteiger partial charge >= 0.3 is 0 Å². The van der Waals surface area contributed by atoms with Crippen LogP contribution in [0, 0.1) is 11.6 Å². The average molecular weight is 348 g/mol. The maximum Gasteiger partial charge on any atom is 0.251 e. The largest absolute Gasteiger partial charge is 0.454 e. The molecule has 0 radical (unpaired) electrons. The van der Waals surface area contributed by atoms with Crippen molar-refractivity contribution in [3.8, 4) is 11.5 Å². The molecule has 0 aromatic heterocycles. The van der Waals surface area contributed by atoms with Crippen LogP contribution in [0.2, 0.25) is 0 Å². The molecule has 7 heteroatoms. The van der Waals surface area contributed by atoms with Gasteiger partial charge in [0, 0.05) is 12.1 Å². The number of hydrogen-bond donors (Lipinski definition) is 1. The minimum atomic E-state index is -1.05. The van der Waals surface area contributed by atoms with Crippen molar-refractivity contribution in [3.63, 3.8) is 0 Å². The molecule has 1 aliphatic heterocycles. The van der Waals surface area contributed by atoms with Crippen LogP contribution in [0.15, 0.2) is 36.4 Å². The summed E-state index contributed by atoms with van der Waals surface area (Å²) in [5, 5.41) is 2.75. The summed E-state index contributed by atoms with van der Waals surface area (Å²) in [5.41, 5.74) is 1.02. The smallest absolute Gasteiger partial charge is 0.251 e. The number of benzene rings is 2. The molecular weight excluding hydrogens is 330 g/mol. The van der Waals surface area contributed by atoms with Gasteiger partial charge in [-0.25, -0.2) is 8.78 Å². The summed E-state index contributed by atoms with van der Waals surface area (Å²) in [6.07, 6.45) is 0. The number of nitrogens with one attached hydrogen (secondary N) is 1. The van der Waals surface area contributed by atoms with E-state index in [9.17, 15) is 13.6 Å². The van der Waals surface area contributed by atoms with E-state index in [1.807, 2.05) is 37.2 Å². The molecule has 0 saturated carbocycles. The first-order valence-corrected chi connectivity index (χ1v) is 7.75.